The predicted octanol–water partition coefficient (Wildman–Crippen LogP) is 3.77. The first-order valence-electron chi connectivity index (χ1n) is 8.19. The maximum Gasteiger partial charge on any atom is 0.319 e. The molecule has 1 aromatic carbocycles. The zero-order valence-electron chi connectivity index (χ0n) is 15.1. The Hall–Kier alpha value is -2.36. The number of amides is 2. The van der Waals surface area contributed by atoms with Gasteiger partial charge in [-0.05, 0) is 37.3 Å². The summed E-state index contributed by atoms with van der Waals surface area (Å²) in [5, 5.41) is 4.76. The quantitative estimate of drug-likeness (QED) is 0.583. The van der Waals surface area contributed by atoms with Gasteiger partial charge >= 0.3 is 5.97 Å². The van der Waals surface area contributed by atoms with Crippen molar-refractivity contribution in [1.29, 1.82) is 0 Å². The molecule has 1 heterocycles. The van der Waals surface area contributed by atoms with Gasteiger partial charge in [-0.25, -0.2) is 9.37 Å². The van der Waals surface area contributed by atoms with Gasteiger partial charge < -0.3 is 15.4 Å². The van der Waals surface area contributed by atoms with Crippen molar-refractivity contribution in [2.24, 2.45) is 0 Å². The Labute approximate surface area is 180 Å². The minimum Gasteiger partial charge on any atom is -0.455 e. The lowest BCUT2D eigenvalue weighted by Gasteiger charge is -2.12. The summed E-state index contributed by atoms with van der Waals surface area (Å²) < 4.78 is 17.8. The Morgan fingerprint density at radius 2 is 1.86 bits per heavy atom. The van der Waals surface area contributed by atoms with Crippen molar-refractivity contribution in [2.75, 3.05) is 23.0 Å². The highest BCUT2D eigenvalue weighted by Gasteiger charge is 2.18. The van der Waals surface area contributed by atoms with Crippen LogP contribution in [0.2, 0.25) is 10.0 Å². The van der Waals surface area contributed by atoms with Crippen LogP contribution in [0.25, 0.3) is 0 Å². The van der Waals surface area contributed by atoms with Crippen LogP contribution in [-0.2, 0) is 19.1 Å². The Balaban J connectivity index is 1.71. The molecule has 0 saturated heterocycles. The van der Waals surface area contributed by atoms with E-state index in [0.717, 1.165) is 11.8 Å². The monoisotopic (exact) mass is 459 g/mol. The molecule has 0 aliphatic heterocycles. The second-order valence-corrected chi connectivity index (χ2v) is 7.82. The van der Waals surface area contributed by atoms with Gasteiger partial charge in [0, 0.05) is 11.9 Å². The Morgan fingerprint density at radius 1 is 1.17 bits per heavy atom. The molecule has 7 nitrogen and oxygen atoms in total. The number of hydrogen-bond acceptors (Lipinski definition) is 6. The van der Waals surface area contributed by atoms with E-state index >= 15 is 0 Å². The molecule has 2 aromatic rings. The van der Waals surface area contributed by atoms with Gasteiger partial charge in [-0.2, -0.15) is 0 Å². The summed E-state index contributed by atoms with van der Waals surface area (Å²) in [6.07, 6.45) is 1.31. The number of thioether (sulfide) groups is 1. The Kier molecular flexibility index (Phi) is 8.69. The van der Waals surface area contributed by atoms with E-state index in [1.807, 2.05) is 0 Å². The molecule has 2 amide bonds. The summed E-state index contributed by atoms with van der Waals surface area (Å²) in [5.41, 5.74) is 0.443. The van der Waals surface area contributed by atoms with Gasteiger partial charge in [0.1, 0.15) is 11.1 Å². The van der Waals surface area contributed by atoms with Crippen LogP contribution >= 0.6 is 35.0 Å². The number of nitrogens with zero attached hydrogens (tertiary/aromatic N) is 1. The van der Waals surface area contributed by atoms with E-state index in [4.69, 9.17) is 27.9 Å². The molecule has 29 heavy (non-hydrogen) atoms. The molecule has 0 saturated carbocycles. The Morgan fingerprint density at radius 3 is 2.52 bits per heavy atom. The SMILES string of the molecule is C[C@H](SCC(=O)Nc1ccc(F)cc1)C(=O)OCC(=O)Nc1ncc(Cl)cc1Cl. The predicted molar refractivity (Wildman–Crippen MR) is 111 cm³/mol. The van der Waals surface area contributed by atoms with Crippen LogP contribution in [0.3, 0.4) is 0 Å². The van der Waals surface area contributed by atoms with Crippen molar-refractivity contribution < 1.29 is 23.5 Å². The summed E-state index contributed by atoms with van der Waals surface area (Å²) in [4.78, 5) is 39.6. The lowest BCUT2D eigenvalue weighted by molar-refractivity contribution is -0.146. The molecule has 2 N–H and O–H groups in total. The van der Waals surface area contributed by atoms with E-state index in [2.05, 4.69) is 15.6 Å². The number of rotatable bonds is 8. The molecule has 0 aliphatic carbocycles. The second-order valence-electron chi connectivity index (χ2n) is 5.65. The van der Waals surface area contributed by atoms with Crippen molar-refractivity contribution in [3.05, 3.63) is 52.4 Å². The first-order chi connectivity index (χ1) is 13.7. The minimum atomic E-state index is -0.681. The number of benzene rings is 1. The maximum atomic E-state index is 12.8. The number of hydrogen-bond donors (Lipinski definition) is 2. The lowest BCUT2D eigenvalue weighted by Crippen LogP contribution is -2.26. The van der Waals surface area contributed by atoms with E-state index in [0.29, 0.717) is 10.7 Å². The number of aromatic nitrogens is 1. The molecule has 11 heteroatoms. The van der Waals surface area contributed by atoms with Crippen molar-refractivity contribution >= 4 is 64.3 Å². The molecule has 0 radical (unpaired) electrons. The fourth-order valence-electron chi connectivity index (χ4n) is 1.93. The lowest BCUT2D eigenvalue weighted by atomic mass is 10.3. The highest BCUT2D eigenvalue weighted by Crippen LogP contribution is 2.22. The van der Waals surface area contributed by atoms with Gasteiger partial charge in [-0.3, -0.25) is 14.4 Å². The standard InChI is InChI=1S/C18H16Cl2FN3O4S/c1-10(29-9-16(26)23-13-4-2-12(21)3-5-13)18(27)28-8-15(25)24-17-14(20)6-11(19)7-22-17/h2-7,10H,8-9H2,1H3,(H,23,26)(H,22,24,25)/t10-/m0/s1. The molecule has 1 aromatic heterocycles. The maximum absolute atomic E-state index is 12.8. The molecule has 154 valence electrons. The van der Waals surface area contributed by atoms with Gasteiger partial charge in [0.05, 0.1) is 15.8 Å². The highest BCUT2D eigenvalue weighted by molar-refractivity contribution is 8.01. The van der Waals surface area contributed by atoms with Crippen LogP contribution in [0.15, 0.2) is 36.5 Å². The molecule has 0 aliphatic rings. The number of anilines is 2. The molecule has 1 atom stereocenters. The molecule has 0 fully saturated rings. The Bertz CT molecular complexity index is 899. The van der Waals surface area contributed by atoms with Gasteiger partial charge in [-0.15, -0.1) is 11.8 Å². The van der Waals surface area contributed by atoms with Crippen LogP contribution in [0.1, 0.15) is 6.92 Å². The number of halogens is 3. The van der Waals surface area contributed by atoms with E-state index in [1.165, 1.54) is 36.5 Å². The number of pyridine rings is 1. The molecule has 0 spiro atoms. The summed E-state index contributed by atoms with van der Waals surface area (Å²) in [5.74, 6) is -1.98. The first kappa shape index (κ1) is 22.9. The molecule has 2 rings (SSSR count). The summed E-state index contributed by atoms with van der Waals surface area (Å²) in [6.45, 7) is 1.01. The number of esters is 1. The average molecular weight is 460 g/mol. The third kappa shape index (κ3) is 7.88. The van der Waals surface area contributed by atoms with E-state index in [-0.39, 0.29) is 22.5 Å². The normalized spacial score (nSPS) is 11.4. The first-order valence-corrected chi connectivity index (χ1v) is 9.99. The second kappa shape index (κ2) is 11.0. The fraction of sp³-hybridized carbons (Fsp3) is 0.222. The highest BCUT2D eigenvalue weighted by atomic mass is 35.5. The van der Waals surface area contributed by atoms with E-state index < -0.39 is 29.6 Å². The van der Waals surface area contributed by atoms with Gasteiger partial charge in [0.15, 0.2) is 12.4 Å². The molecule has 0 unspecified atom stereocenters. The smallest absolute Gasteiger partial charge is 0.319 e. The number of ether oxygens (including phenoxy) is 1. The van der Waals surface area contributed by atoms with Crippen LogP contribution < -0.4 is 10.6 Å². The van der Waals surface area contributed by atoms with Crippen LogP contribution in [-0.4, -0.2) is 40.4 Å². The summed E-state index contributed by atoms with van der Waals surface area (Å²) >= 11 is 12.6. The van der Waals surface area contributed by atoms with Crippen LogP contribution in [0, 0.1) is 5.82 Å². The molecular formula is C18H16Cl2FN3O4S. The molecular weight excluding hydrogens is 444 g/mol. The topological polar surface area (TPSA) is 97.4 Å². The summed E-state index contributed by atoms with van der Waals surface area (Å²) in [6, 6.07) is 6.71. The summed E-state index contributed by atoms with van der Waals surface area (Å²) in [7, 11) is 0. The van der Waals surface area contributed by atoms with Crippen LogP contribution in [0.5, 0.6) is 0 Å². The van der Waals surface area contributed by atoms with Gasteiger partial charge in [0.2, 0.25) is 5.91 Å². The number of nitrogens with one attached hydrogen (secondary N) is 2. The van der Waals surface area contributed by atoms with Crippen molar-refractivity contribution in [3.8, 4) is 0 Å². The number of carbonyl (C=O) groups is 3. The fourth-order valence-corrected chi connectivity index (χ4v) is 3.03. The number of carbonyl (C=O) groups excluding carboxylic acids is 3. The third-order valence-corrected chi connectivity index (χ3v) is 4.95. The van der Waals surface area contributed by atoms with Gasteiger partial charge in [0.25, 0.3) is 5.91 Å². The van der Waals surface area contributed by atoms with Crippen LogP contribution in [0.4, 0.5) is 15.9 Å². The average Bonchev–Trinajstić information content (AvgIpc) is 2.68. The largest absolute Gasteiger partial charge is 0.455 e. The molecule has 0 bridgehead atoms. The zero-order chi connectivity index (χ0) is 21.4. The van der Waals surface area contributed by atoms with Gasteiger partial charge in [-0.1, -0.05) is 23.2 Å². The van der Waals surface area contributed by atoms with E-state index in [9.17, 15) is 18.8 Å². The van der Waals surface area contributed by atoms with Crippen molar-refractivity contribution in [3.63, 3.8) is 0 Å². The zero-order valence-corrected chi connectivity index (χ0v) is 17.4. The third-order valence-electron chi connectivity index (χ3n) is 3.34. The van der Waals surface area contributed by atoms with E-state index in [1.54, 1.807) is 6.92 Å². The van der Waals surface area contributed by atoms with Crippen molar-refractivity contribution in [2.45, 2.75) is 12.2 Å². The van der Waals surface area contributed by atoms with Crippen molar-refractivity contribution in [1.82, 2.24) is 4.98 Å². The minimum absolute atomic E-state index is 0.0237.